The first-order chi connectivity index (χ1) is 12.8. The summed E-state index contributed by atoms with van der Waals surface area (Å²) in [6.45, 7) is 5.26. The summed E-state index contributed by atoms with van der Waals surface area (Å²) in [4.78, 5) is 17.8. The molecule has 5 rings (SSSR count). The molecule has 0 N–H and O–H groups in total. The molecule has 26 heavy (non-hydrogen) atoms. The monoisotopic (exact) mass is 373 g/mol. The van der Waals surface area contributed by atoms with Crippen molar-refractivity contribution in [1.82, 2.24) is 34.0 Å². The van der Waals surface area contributed by atoms with E-state index in [4.69, 9.17) is 0 Å². The van der Waals surface area contributed by atoms with Gasteiger partial charge in [-0.25, -0.2) is 9.67 Å². The molecule has 0 bridgehead atoms. The molecular formula is C17H24N7OP. The fourth-order valence-corrected chi connectivity index (χ4v) is 7.14. The van der Waals surface area contributed by atoms with Crippen molar-refractivity contribution in [3.63, 3.8) is 0 Å². The molecule has 1 atom stereocenters. The SMILES string of the molecule is O=C1C(n2nnc3cccnc32)CCN1P(N1CCCC1)N1CCCC1. The molecule has 3 aliphatic heterocycles. The van der Waals surface area contributed by atoms with Crippen LogP contribution in [-0.2, 0) is 4.79 Å². The number of amides is 1. The normalized spacial score (nSPS) is 25.3. The highest BCUT2D eigenvalue weighted by Gasteiger charge is 2.44. The molecule has 9 heteroatoms. The number of aromatic nitrogens is 4. The van der Waals surface area contributed by atoms with Gasteiger partial charge in [0.1, 0.15) is 11.6 Å². The predicted molar refractivity (Wildman–Crippen MR) is 99.2 cm³/mol. The van der Waals surface area contributed by atoms with Crippen LogP contribution < -0.4 is 0 Å². The smallest absolute Gasteiger partial charge is 0.252 e. The van der Waals surface area contributed by atoms with Crippen molar-refractivity contribution >= 4 is 25.4 Å². The van der Waals surface area contributed by atoms with Gasteiger partial charge in [-0.1, -0.05) is 5.21 Å². The van der Waals surface area contributed by atoms with Crippen molar-refractivity contribution in [3.05, 3.63) is 18.3 Å². The first-order valence-corrected chi connectivity index (χ1v) is 10.8. The fourth-order valence-electron chi connectivity index (χ4n) is 4.29. The van der Waals surface area contributed by atoms with E-state index in [0.29, 0.717) is 5.65 Å². The van der Waals surface area contributed by atoms with Crippen LogP contribution in [0.3, 0.4) is 0 Å². The lowest BCUT2D eigenvalue weighted by atomic mass is 10.2. The van der Waals surface area contributed by atoms with Crippen molar-refractivity contribution < 1.29 is 4.79 Å². The first-order valence-electron chi connectivity index (χ1n) is 9.60. The van der Waals surface area contributed by atoms with Gasteiger partial charge < -0.3 is 0 Å². The molecule has 0 spiro atoms. The highest BCUT2D eigenvalue weighted by atomic mass is 31.2. The Morgan fingerprint density at radius 3 is 2.38 bits per heavy atom. The van der Waals surface area contributed by atoms with Gasteiger partial charge in [-0.15, -0.1) is 5.10 Å². The molecule has 0 radical (unpaired) electrons. The Hall–Kier alpha value is -1.63. The number of fused-ring (bicyclic) bond motifs is 1. The van der Waals surface area contributed by atoms with Gasteiger partial charge in [0.05, 0.1) is 0 Å². The van der Waals surface area contributed by atoms with Gasteiger partial charge in [0.25, 0.3) is 5.91 Å². The summed E-state index contributed by atoms with van der Waals surface area (Å²) in [7, 11) is -0.681. The Morgan fingerprint density at radius 2 is 1.69 bits per heavy atom. The van der Waals surface area contributed by atoms with Crippen LogP contribution in [0.2, 0.25) is 0 Å². The van der Waals surface area contributed by atoms with Crippen LogP contribution in [0.25, 0.3) is 11.2 Å². The van der Waals surface area contributed by atoms with Crippen LogP contribution in [0.5, 0.6) is 0 Å². The zero-order valence-electron chi connectivity index (χ0n) is 14.9. The van der Waals surface area contributed by atoms with Crippen molar-refractivity contribution in [2.24, 2.45) is 0 Å². The van der Waals surface area contributed by atoms with Crippen molar-refractivity contribution in [2.75, 3.05) is 32.7 Å². The van der Waals surface area contributed by atoms with Crippen LogP contribution in [0.1, 0.15) is 38.1 Å². The van der Waals surface area contributed by atoms with Gasteiger partial charge in [0.15, 0.2) is 14.0 Å². The van der Waals surface area contributed by atoms with Crippen molar-refractivity contribution in [1.29, 1.82) is 0 Å². The Morgan fingerprint density at radius 1 is 1.00 bits per heavy atom. The highest BCUT2D eigenvalue weighted by molar-refractivity contribution is 7.51. The average Bonchev–Trinajstić information content (AvgIpc) is 3.44. The Labute approximate surface area is 154 Å². The van der Waals surface area contributed by atoms with E-state index in [1.54, 1.807) is 10.9 Å². The Bertz CT molecular complexity index is 783. The summed E-state index contributed by atoms with van der Waals surface area (Å²) in [5.41, 5.74) is 1.46. The third kappa shape index (κ3) is 2.71. The standard InChI is InChI=1S/C17H24N7OP/c25-17-15(24-16-14(19-20-24)6-5-8-18-16)7-13-23(17)26(21-9-1-2-10-21)22-11-3-4-12-22/h5-6,8,15H,1-4,7,9-13H2. The van der Waals surface area contributed by atoms with E-state index in [2.05, 4.69) is 29.3 Å². The number of nitrogens with zero attached hydrogens (tertiary/aromatic N) is 7. The summed E-state index contributed by atoms with van der Waals surface area (Å²) in [6, 6.07) is 3.47. The highest BCUT2D eigenvalue weighted by Crippen LogP contribution is 2.54. The van der Waals surface area contributed by atoms with E-state index < -0.39 is 8.37 Å². The average molecular weight is 373 g/mol. The van der Waals surface area contributed by atoms with Crippen molar-refractivity contribution in [3.8, 4) is 0 Å². The second kappa shape index (κ2) is 6.83. The lowest BCUT2D eigenvalue weighted by Crippen LogP contribution is -2.37. The number of hydrogen-bond acceptors (Lipinski definition) is 6. The Kier molecular flexibility index (Phi) is 4.35. The fraction of sp³-hybridized carbons (Fsp3) is 0.647. The van der Waals surface area contributed by atoms with Gasteiger partial charge in [-0.05, 0) is 44.2 Å². The third-order valence-electron chi connectivity index (χ3n) is 5.57. The topological polar surface area (TPSA) is 70.4 Å². The second-order valence-electron chi connectivity index (χ2n) is 7.24. The van der Waals surface area contributed by atoms with Crippen molar-refractivity contribution in [2.45, 2.75) is 38.1 Å². The predicted octanol–water partition coefficient (Wildman–Crippen LogP) is 2.02. The van der Waals surface area contributed by atoms with E-state index >= 15 is 0 Å². The van der Waals surface area contributed by atoms with Gasteiger partial charge in [0, 0.05) is 38.9 Å². The van der Waals surface area contributed by atoms with Crippen LogP contribution >= 0.6 is 8.37 Å². The van der Waals surface area contributed by atoms with Crippen LogP contribution in [0, 0.1) is 0 Å². The van der Waals surface area contributed by atoms with Gasteiger partial charge in [-0.3, -0.25) is 18.8 Å². The van der Waals surface area contributed by atoms with Gasteiger partial charge >= 0.3 is 0 Å². The maximum Gasteiger partial charge on any atom is 0.252 e. The molecule has 3 aliphatic rings. The van der Waals surface area contributed by atoms with Gasteiger partial charge in [0.2, 0.25) is 0 Å². The minimum Gasteiger partial charge on any atom is -0.294 e. The largest absolute Gasteiger partial charge is 0.294 e. The quantitative estimate of drug-likeness (QED) is 0.764. The summed E-state index contributed by atoms with van der Waals surface area (Å²) in [6.07, 6.45) is 7.51. The molecule has 3 fully saturated rings. The summed E-state index contributed by atoms with van der Waals surface area (Å²) in [5.74, 6) is 0.187. The molecule has 0 saturated carbocycles. The maximum absolute atomic E-state index is 13.4. The number of pyridine rings is 1. The molecule has 2 aromatic rings. The molecule has 138 valence electrons. The lowest BCUT2D eigenvalue weighted by Gasteiger charge is -2.40. The van der Waals surface area contributed by atoms with E-state index in [-0.39, 0.29) is 11.9 Å². The van der Waals surface area contributed by atoms with E-state index in [0.717, 1.165) is 44.7 Å². The molecule has 0 aliphatic carbocycles. The number of rotatable bonds is 4. The van der Waals surface area contributed by atoms with E-state index in [9.17, 15) is 4.79 Å². The molecule has 3 saturated heterocycles. The minimum atomic E-state index is -0.681. The van der Waals surface area contributed by atoms with E-state index in [1.807, 2.05) is 12.1 Å². The second-order valence-corrected chi connectivity index (χ2v) is 9.39. The molecule has 1 amide bonds. The minimum absolute atomic E-state index is 0.187. The number of carbonyl (C=O) groups is 1. The molecular weight excluding hydrogens is 349 g/mol. The van der Waals surface area contributed by atoms with E-state index in [1.165, 1.54) is 25.7 Å². The molecule has 1 unspecified atom stereocenters. The number of carbonyl (C=O) groups excluding carboxylic acids is 1. The summed E-state index contributed by atoms with van der Waals surface area (Å²) in [5, 5.41) is 8.44. The summed E-state index contributed by atoms with van der Waals surface area (Å²) >= 11 is 0. The molecule has 8 nitrogen and oxygen atoms in total. The maximum atomic E-state index is 13.4. The lowest BCUT2D eigenvalue weighted by molar-refractivity contribution is -0.126. The van der Waals surface area contributed by atoms with Gasteiger partial charge in [-0.2, -0.15) is 0 Å². The Balaban J connectivity index is 1.43. The third-order valence-corrected chi connectivity index (χ3v) is 8.21. The number of hydrogen-bond donors (Lipinski definition) is 0. The summed E-state index contributed by atoms with van der Waals surface area (Å²) < 4.78 is 8.99. The molecule has 5 heterocycles. The van der Waals surface area contributed by atoms with Crippen LogP contribution in [0.4, 0.5) is 0 Å². The molecule has 2 aromatic heterocycles. The van der Waals surface area contributed by atoms with Crippen LogP contribution in [-0.4, -0.2) is 72.6 Å². The zero-order chi connectivity index (χ0) is 17.5. The first kappa shape index (κ1) is 16.5. The zero-order valence-corrected chi connectivity index (χ0v) is 15.8. The molecule has 0 aromatic carbocycles. The van der Waals surface area contributed by atoms with Crippen LogP contribution in [0.15, 0.2) is 18.3 Å².